The molecule has 0 N–H and O–H groups in total. The summed E-state index contributed by atoms with van der Waals surface area (Å²) in [4.78, 5) is 11.2. The number of Topliss-reactive ketones (excluding diaryl/α,β-unsaturated/α-hetero) is 1. The van der Waals surface area contributed by atoms with Crippen LogP contribution in [0.2, 0.25) is 0 Å². The van der Waals surface area contributed by atoms with Crippen LogP contribution in [-0.2, 0) is 0 Å². The van der Waals surface area contributed by atoms with Gasteiger partial charge in [-0.25, -0.2) is 9.07 Å². The van der Waals surface area contributed by atoms with Gasteiger partial charge in [-0.3, -0.25) is 4.79 Å². The van der Waals surface area contributed by atoms with Crippen LogP contribution in [0.15, 0.2) is 36.5 Å². The monoisotopic (exact) mass is 204 g/mol. The summed E-state index contributed by atoms with van der Waals surface area (Å²) in [6, 6.07) is 7.56. The second-order valence-electron chi connectivity index (χ2n) is 3.16. The van der Waals surface area contributed by atoms with E-state index >= 15 is 0 Å². The largest absolute Gasteiger partial charge is 0.293 e. The summed E-state index contributed by atoms with van der Waals surface area (Å²) in [6.45, 7) is 1.45. The third-order valence-corrected chi connectivity index (χ3v) is 2.06. The molecule has 0 spiro atoms. The quantitative estimate of drug-likeness (QED) is 0.703. The van der Waals surface area contributed by atoms with Crippen LogP contribution in [0.3, 0.4) is 0 Å². The highest BCUT2D eigenvalue weighted by Gasteiger charge is 2.08. The number of halogens is 1. The molecule has 1 heterocycles. The molecule has 0 fully saturated rings. The normalized spacial score (nSPS) is 10.3. The number of hydrogen-bond donors (Lipinski definition) is 0. The molecule has 0 radical (unpaired) electrons. The Balaban J connectivity index is 2.54. The highest BCUT2D eigenvalue weighted by atomic mass is 19.1. The van der Waals surface area contributed by atoms with E-state index in [4.69, 9.17) is 0 Å². The Morgan fingerprint density at radius 3 is 2.87 bits per heavy atom. The van der Waals surface area contributed by atoms with Gasteiger partial charge >= 0.3 is 0 Å². The van der Waals surface area contributed by atoms with Crippen LogP contribution in [0.25, 0.3) is 5.69 Å². The molecule has 0 aliphatic rings. The average molecular weight is 204 g/mol. The molecular weight excluding hydrogens is 195 g/mol. The second-order valence-corrected chi connectivity index (χ2v) is 3.16. The fraction of sp³-hybridized carbons (Fsp3) is 0.0909. The summed E-state index contributed by atoms with van der Waals surface area (Å²) < 4.78 is 14.4. The van der Waals surface area contributed by atoms with E-state index in [-0.39, 0.29) is 11.6 Å². The van der Waals surface area contributed by atoms with Gasteiger partial charge in [0.1, 0.15) is 11.5 Å². The Morgan fingerprint density at radius 2 is 2.20 bits per heavy atom. The van der Waals surface area contributed by atoms with Gasteiger partial charge in [-0.15, -0.1) is 0 Å². The molecule has 1 aromatic carbocycles. The van der Waals surface area contributed by atoms with Crippen LogP contribution >= 0.6 is 0 Å². The lowest BCUT2D eigenvalue weighted by Gasteiger charge is -2.04. The molecular formula is C11H9FN2O. The van der Waals surface area contributed by atoms with Crippen molar-refractivity contribution in [2.75, 3.05) is 0 Å². The van der Waals surface area contributed by atoms with Crippen molar-refractivity contribution in [1.82, 2.24) is 9.78 Å². The van der Waals surface area contributed by atoms with E-state index in [0.717, 1.165) is 0 Å². The number of hydrogen-bond acceptors (Lipinski definition) is 2. The van der Waals surface area contributed by atoms with Crippen molar-refractivity contribution in [3.8, 4) is 5.69 Å². The van der Waals surface area contributed by atoms with E-state index < -0.39 is 0 Å². The number of carbonyl (C=O) groups is 1. The topological polar surface area (TPSA) is 34.9 Å². The smallest absolute Gasteiger partial charge is 0.178 e. The van der Waals surface area contributed by atoms with E-state index in [0.29, 0.717) is 11.4 Å². The van der Waals surface area contributed by atoms with Crippen molar-refractivity contribution in [2.24, 2.45) is 0 Å². The van der Waals surface area contributed by atoms with E-state index in [1.165, 1.54) is 29.9 Å². The second kappa shape index (κ2) is 3.65. The molecule has 3 nitrogen and oxygen atoms in total. The highest BCUT2D eigenvalue weighted by Crippen LogP contribution is 2.12. The van der Waals surface area contributed by atoms with Gasteiger partial charge in [-0.1, -0.05) is 6.07 Å². The maximum Gasteiger partial charge on any atom is 0.178 e. The lowest BCUT2D eigenvalue weighted by Crippen LogP contribution is -2.05. The first-order chi connectivity index (χ1) is 7.18. The zero-order chi connectivity index (χ0) is 10.8. The van der Waals surface area contributed by atoms with E-state index in [1.807, 2.05) is 0 Å². The summed E-state index contributed by atoms with van der Waals surface area (Å²) in [5.41, 5.74) is 0.991. The Hall–Kier alpha value is -1.97. The first-order valence-electron chi connectivity index (χ1n) is 4.49. The molecule has 76 valence electrons. The zero-order valence-electron chi connectivity index (χ0n) is 8.14. The molecule has 0 atom stereocenters. The Labute approximate surface area is 86.2 Å². The fourth-order valence-corrected chi connectivity index (χ4v) is 1.38. The number of aromatic nitrogens is 2. The molecule has 0 unspecified atom stereocenters. The summed E-state index contributed by atoms with van der Waals surface area (Å²) in [5, 5.41) is 3.98. The number of rotatable bonds is 2. The van der Waals surface area contributed by atoms with Gasteiger partial charge < -0.3 is 0 Å². The predicted octanol–water partition coefficient (Wildman–Crippen LogP) is 2.21. The number of nitrogens with zero attached hydrogens (tertiary/aromatic N) is 2. The predicted molar refractivity (Wildman–Crippen MR) is 53.5 cm³/mol. The Morgan fingerprint density at radius 1 is 1.40 bits per heavy atom. The van der Waals surface area contributed by atoms with Gasteiger partial charge in [0.2, 0.25) is 0 Å². The molecule has 0 saturated heterocycles. The first-order valence-corrected chi connectivity index (χ1v) is 4.49. The van der Waals surface area contributed by atoms with Gasteiger partial charge in [0, 0.05) is 6.92 Å². The molecule has 0 amide bonds. The third-order valence-electron chi connectivity index (χ3n) is 2.06. The van der Waals surface area contributed by atoms with Crippen LogP contribution in [0.5, 0.6) is 0 Å². The first kappa shape index (κ1) is 9.58. The molecule has 0 saturated carbocycles. The minimum atomic E-state index is -0.350. The van der Waals surface area contributed by atoms with Crippen molar-refractivity contribution in [2.45, 2.75) is 6.92 Å². The van der Waals surface area contributed by atoms with Crippen LogP contribution in [0, 0.1) is 5.82 Å². The van der Waals surface area contributed by atoms with Crippen LogP contribution in [0.4, 0.5) is 4.39 Å². The molecule has 0 bridgehead atoms. The summed E-state index contributed by atoms with van der Waals surface area (Å²) in [5.74, 6) is -0.450. The van der Waals surface area contributed by atoms with Crippen LogP contribution < -0.4 is 0 Å². The van der Waals surface area contributed by atoms with Crippen molar-refractivity contribution >= 4 is 5.78 Å². The maximum absolute atomic E-state index is 13.0. The van der Waals surface area contributed by atoms with E-state index in [2.05, 4.69) is 5.10 Å². The maximum atomic E-state index is 13.0. The van der Waals surface area contributed by atoms with Crippen LogP contribution in [-0.4, -0.2) is 15.6 Å². The van der Waals surface area contributed by atoms with Gasteiger partial charge in [0.05, 0.1) is 11.9 Å². The van der Waals surface area contributed by atoms with Crippen molar-refractivity contribution < 1.29 is 9.18 Å². The molecule has 2 rings (SSSR count). The van der Waals surface area contributed by atoms with Crippen molar-refractivity contribution in [3.05, 3.63) is 48.0 Å². The molecule has 0 aliphatic heterocycles. The Bertz CT molecular complexity index is 505. The molecule has 1 aromatic heterocycles. The number of carbonyl (C=O) groups excluding carboxylic acids is 1. The number of benzene rings is 1. The van der Waals surface area contributed by atoms with Crippen LogP contribution in [0.1, 0.15) is 17.4 Å². The van der Waals surface area contributed by atoms with Crippen molar-refractivity contribution in [1.29, 1.82) is 0 Å². The summed E-state index contributed by atoms with van der Waals surface area (Å²) in [6.07, 6.45) is 1.52. The van der Waals surface area contributed by atoms with Gasteiger partial charge in [0.15, 0.2) is 5.78 Å². The minimum Gasteiger partial charge on any atom is -0.293 e. The minimum absolute atomic E-state index is 0.100. The van der Waals surface area contributed by atoms with E-state index in [1.54, 1.807) is 18.2 Å². The standard InChI is InChI=1S/C11H9FN2O/c1-8(15)11-5-6-13-14(11)10-4-2-3-9(12)7-10/h2-7H,1H3. The van der Waals surface area contributed by atoms with Gasteiger partial charge in [0.25, 0.3) is 0 Å². The van der Waals surface area contributed by atoms with Gasteiger partial charge in [-0.2, -0.15) is 5.10 Å². The SMILES string of the molecule is CC(=O)c1ccnn1-c1cccc(F)c1. The zero-order valence-corrected chi connectivity index (χ0v) is 8.14. The third kappa shape index (κ3) is 1.79. The molecule has 2 aromatic rings. The highest BCUT2D eigenvalue weighted by molar-refractivity contribution is 5.92. The lowest BCUT2D eigenvalue weighted by atomic mass is 10.2. The number of ketones is 1. The molecule has 0 aliphatic carbocycles. The van der Waals surface area contributed by atoms with Gasteiger partial charge in [-0.05, 0) is 24.3 Å². The fourth-order valence-electron chi connectivity index (χ4n) is 1.38. The average Bonchev–Trinajstić information content (AvgIpc) is 2.65. The summed E-state index contributed by atoms with van der Waals surface area (Å²) >= 11 is 0. The van der Waals surface area contributed by atoms with E-state index in [9.17, 15) is 9.18 Å². The summed E-state index contributed by atoms with van der Waals surface area (Å²) in [7, 11) is 0. The molecule has 4 heteroatoms. The Kier molecular flexibility index (Phi) is 2.33. The van der Waals surface area contributed by atoms with Crippen molar-refractivity contribution in [3.63, 3.8) is 0 Å². The molecule has 15 heavy (non-hydrogen) atoms. The lowest BCUT2D eigenvalue weighted by molar-refractivity contribution is 0.101.